The maximum Gasteiger partial charge on any atom is 0.411 e. The first-order valence-corrected chi connectivity index (χ1v) is 10.3. The molecule has 1 saturated carbocycles. The SMILES string of the molecule is C[C@@H](c1ccc(Br)cc1)N1CCC(CC2(O)CC2)(c2ccc(F)cc2)OC1=O. The molecule has 28 heavy (non-hydrogen) atoms. The third kappa shape index (κ3) is 3.80. The van der Waals surface area contributed by atoms with Gasteiger partial charge in [0.15, 0.2) is 0 Å². The zero-order chi connectivity index (χ0) is 19.9. The van der Waals surface area contributed by atoms with Gasteiger partial charge in [0.2, 0.25) is 0 Å². The molecule has 1 aliphatic heterocycles. The quantitative estimate of drug-likeness (QED) is 0.675. The van der Waals surface area contributed by atoms with Gasteiger partial charge in [0.1, 0.15) is 11.4 Å². The maximum atomic E-state index is 13.4. The Kier molecular flexibility index (Phi) is 4.96. The molecule has 6 heteroatoms. The van der Waals surface area contributed by atoms with Crippen LogP contribution in [0.4, 0.5) is 9.18 Å². The summed E-state index contributed by atoms with van der Waals surface area (Å²) in [5.74, 6) is -0.336. The van der Waals surface area contributed by atoms with Gasteiger partial charge in [-0.3, -0.25) is 0 Å². The number of benzene rings is 2. The van der Waals surface area contributed by atoms with Crippen LogP contribution in [-0.4, -0.2) is 28.2 Å². The van der Waals surface area contributed by atoms with Gasteiger partial charge < -0.3 is 14.7 Å². The molecule has 2 aliphatic rings. The molecule has 1 N–H and O–H groups in total. The number of rotatable bonds is 5. The van der Waals surface area contributed by atoms with Crippen molar-refractivity contribution in [2.75, 3.05) is 6.54 Å². The van der Waals surface area contributed by atoms with Crippen molar-refractivity contribution in [1.29, 1.82) is 0 Å². The van der Waals surface area contributed by atoms with Crippen LogP contribution in [-0.2, 0) is 10.3 Å². The zero-order valence-electron chi connectivity index (χ0n) is 15.7. The third-order valence-corrected chi connectivity index (χ3v) is 6.43. The number of cyclic esters (lactones) is 1. The fourth-order valence-electron chi connectivity index (χ4n) is 3.98. The molecule has 1 saturated heterocycles. The van der Waals surface area contributed by atoms with Crippen LogP contribution in [0.2, 0.25) is 0 Å². The molecule has 1 aliphatic carbocycles. The standard InChI is InChI=1S/C22H23BrFNO3/c1-15(16-2-6-18(23)7-3-16)25-13-12-22(28-20(25)26,14-21(27)10-11-21)17-4-8-19(24)9-5-17/h2-9,15,27H,10-14H2,1H3/t15-,22?/m0/s1. The average Bonchev–Trinajstić information content (AvgIpc) is 3.39. The van der Waals surface area contributed by atoms with Crippen molar-refractivity contribution in [2.24, 2.45) is 0 Å². The lowest BCUT2D eigenvalue weighted by Crippen LogP contribution is -2.50. The Hall–Kier alpha value is -1.92. The first kappa shape index (κ1) is 19.4. The van der Waals surface area contributed by atoms with Gasteiger partial charge in [-0.2, -0.15) is 0 Å². The van der Waals surface area contributed by atoms with Crippen LogP contribution in [0.3, 0.4) is 0 Å². The van der Waals surface area contributed by atoms with Crippen molar-refractivity contribution in [3.05, 3.63) is 69.9 Å². The number of amides is 1. The molecule has 2 fully saturated rings. The Morgan fingerprint density at radius 3 is 2.36 bits per heavy atom. The molecule has 0 radical (unpaired) electrons. The molecule has 2 aromatic rings. The highest BCUT2D eigenvalue weighted by atomic mass is 79.9. The largest absolute Gasteiger partial charge is 0.438 e. The monoisotopic (exact) mass is 447 g/mol. The summed E-state index contributed by atoms with van der Waals surface area (Å²) in [6.45, 7) is 2.48. The summed E-state index contributed by atoms with van der Waals surface area (Å²) in [6.07, 6.45) is 1.89. The van der Waals surface area contributed by atoms with E-state index in [-0.39, 0.29) is 11.9 Å². The van der Waals surface area contributed by atoms with Crippen LogP contribution in [0.25, 0.3) is 0 Å². The number of hydrogen-bond donors (Lipinski definition) is 1. The van der Waals surface area contributed by atoms with Gasteiger partial charge in [0.05, 0.1) is 11.6 Å². The lowest BCUT2D eigenvalue weighted by atomic mass is 9.82. The second-order valence-electron chi connectivity index (χ2n) is 7.94. The molecule has 0 aromatic heterocycles. The van der Waals surface area contributed by atoms with E-state index in [1.807, 2.05) is 31.2 Å². The summed E-state index contributed by atoms with van der Waals surface area (Å²) >= 11 is 3.43. The Balaban J connectivity index is 1.58. The highest BCUT2D eigenvalue weighted by molar-refractivity contribution is 9.10. The number of carbonyl (C=O) groups is 1. The summed E-state index contributed by atoms with van der Waals surface area (Å²) in [6, 6.07) is 13.8. The van der Waals surface area contributed by atoms with Crippen molar-refractivity contribution in [3.8, 4) is 0 Å². The van der Waals surface area contributed by atoms with Crippen molar-refractivity contribution in [3.63, 3.8) is 0 Å². The highest BCUT2D eigenvalue weighted by Crippen LogP contribution is 2.49. The zero-order valence-corrected chi connectivity index (χ0v) is 17.3. The molecule has 1 heterocycles. The van der Waals surface area contributed by atoms with E-state index in [2.05, 4.69) is 15.9 Å². The lowest BCUT2D eigenvalue weighted by molar-refractivity contribution is -0.0883. The Morgan fingerprint density at radius 2 is 1.79 bits per heavy atom. The van der Waals surface area contributed by atoms with Crippen molar-refractivity contribution >= 4 is 22.0 Å². The van der Waals surface area contributed by atoms with Gasteiger partial charge in [-0.25, -0.2) is 9.18 Å². The normalized spacial score (nSPS) is 24.6. The van der Waals surface area contributed by atoms with Crippen LogP contribution in [0, 0.1) is 5.82 Å². The van der Waals surface area contributed by atoms with Crippen molar-refractivity contribution < 1.29 is 19.0 Å². The van der Waals surface area contributed by atoms with Crippen molar-refractivity contribution in [2.45, 2.75) is 49.9 Å². The van der Waals surface area contributed by atoms with Crippen LogP contribution >= 0.6 is 15.9 Å². The number of nitrogens with zero attached hydrogens (tertiary/aromatic N) is 1. The Labute approximate surface area is 172 Å². The first-order chi connectivity index (χ1) is 13.3. The Morgan fingerprint density at radius 1 is 1.14 bits per heavy atom. The molecule has 1 amide bonds. The molecular weight excluding hydrogens is 425 g/mol. The molecule has 0 spiro atoms. The number of halogens is 2. The fraction of sp³-hybridized carbons (Fsp3) is 0.409. The van der Waals surface area contributed by atoms with E-state index in [1.165, 1.54) is 12.1 Å². The third-order valence-electron chi connectivity index (χ3n) is 5.91. The molecule has 148 valence electrons. The maximum absolute atomic E-state index is 13.4. The van der Waals surface area contributed by atoms with Crippen LogP contribution in [0.1, 0.15) is 49.8 Å². The van der Waals surface area contributed by atoms with Gasteiger partial charge in [-0.05, 0) is 55.2 Å². The van der Waals surface area contributed by atoms with E-state index in [0.717, 1.165) is 15.6 Å². The van der Waals surface area contributed by atoms with E-state index in [1.54, 1.807) is 17.0 Å². The van der Waals surface area contributed by atoms with E-state index in [0.29, 0.717) is 32.2 Å². The van der Waals surface area contributed by atoms with E-state index in [9.17, 15) is 14.3 Å². The first-order valence-electron chi connectivity index (χ1n) is 9.54. The minimum atomic E-state index is -0.925. The predicted molar refractivity (Wildman–Crippen MR) is 107 cm³/mol. The fourth-order valence-corrected chi connectivity index (χ4v) is 4.24. The van der Waals surface area contributed by atoms with Gasteiger partial charge in [0, 0.05) is 23.9 Å². The molecule has 4 nitrogen and oxygen atoms in total. The van der Waals surface area contributed by atoms with Gasteiger partial charge in [0.25, 0.3) is 0 Å². The summed E-state index contributed by atoms with van der Waals surface area (Å²) in [5.41, 5.74) is 0.0360. The summed E-state index contributed by atoms with van der Waals surface area (Å²) in [5, 5.41) is 10.5. The van der Waals surface area contributed by atoms with E-state index >= 15 is 0 Å². The molecule has 2 atom stereocenters. The second kappa shape index (κ2) is 7.16. The number of ether oxygens (including phenoxy) is 1. The van der Waals surface area contributed by atoms with E-state index in [4.69, 9.17) is 4.74 Å². The van der Waals surface area contributed by atoms with Crippen LogP contribution < -0.4 is 0 Å². The van der Waals surface area contributed by atoms with Crippen LogP contribution in [0.5, 0.6) is 0 Å². The lowest BCUT2D eigenvalue weighted by Gasteiger charge is -2.44. The predicted octanol–water partition coefficient (Wildman–Crippen LogP) is 5.30. The number of carbonyl (C=O) groups excluding carboxylic acids is 1. The molecule has 1 unspecified atom stereocenters. The Bertz CT molecular complexity index is 866. The summed E-state index contributed by atoms with van der Waals surface area (Å²) in [4.78, 5) is 14.7. The van der Waals surface area contributed by atoms with E-state index < -0.39 is 17.3 Å². The molecule has 2 aromatic carbocycles. The minimum Gasteiger partial charge on any atom is -0.438 e. The molecule has 0 bridgehead atoms. The summed E-state index contributed by atoms with van der Waals surface area (Å²) in [7, 11) is 0. The summed E-state index contributed by atoms with van der Waals surface area (Å²) < 4.78 is 20.4. The van der Waals surface area contributed by atoms with Crippen LogP contribution in [0.15, 0.2) is 53.0 Å². The molecule has 4 rings (SSSR count). The number of aliphatic hydroxyl groups is 1. The highest BCUT2D eigenvalue weighted by Gasteiger charge is 2.53. The smallest absolute Gasteiger partial charge is 0.411 e. The minimum absolute atomic E-state index is 0.129. The topological polar surface area (TPSA) is 49.8 Å². The second-order valence-corrected chi connectivity index (χ2v) is 8.86. The van der Waals surface area contributed by atoms with Gasteiger partial charge in [-0.15, -0.1) is 0 Å². The number of hydrogen-bond acceptors (Lipinski definition) is 3. The molecular formula is C22H23BrFNO3. The van der Waals surface area contributed by atoms with Gasteiger partial charge in [-0.1, -0.05) is 40.2 Å². The van der Waals surface area contributed by atoms with Crippen molar-refractivity contribution in [1.82, 2.24) is 4.90 Å². The van der Waals surface area contributed by atoms with Gasteiger partial charge >= 0.3 is 6.09 Å². The average molecular weight is 448 g/mol.